The van der Waals surface area contributed by atoms with Crippen molar-refractivity contribution in [2.45, 2.75) is 25.7 Å². The fourth-order valence-corrected chi connectivity index (χ4v) is 3.44. The van der Waals surface area contributed by atoms with Gasteiger partial charge in [-0.2, -0.15) is 5.10 Å². The highest BCUT2D eigenvalue weighted by atomic mass is 79.9. The van der Waals surface area contributed by atoms with Gasteiger partial charge in [0.2, 0.25) is 5.91 Å². The lowest BCUT2D eigenvalue weighted by Gasteiger charge is -2.04. The number of hydrogen-bond donors (Lipinski definition) is 1. The van der Waals surface area contributed by atoms with Gasteiger partial charge in [-0.15, -0.1) is 0 Å². The molecule has 0 aromatic heterocycles. The number of carbonyl (C=O) groups is 1. The van der Waals surface area contributed by atoms with Crippen molar-refractivity contribution in [1.29, 1.82) is 0 Å². The third-order valence-corrected chi connectivity index (χ3v) is 4.75. The lowest BCUT2D eigenvalue weighted by Crippen LogP contribution is -2.20. The Kier molecular flexibility index (Phi) is 3.69. The van der Waals surface area contributed by atoms with Crippen LogP contribution in [0.15, 0.2) is 33.8 Å². The summed E-state index contributed by atoms with van der Waals surface area (Å²) in [5.41, 5.74) is 3.67. The third kappa shape index (κ3) is 2.89. The van der Waals surface area contributed by atoms with Gasteiger partial charge in [0.05, 0.1) is 6.21 Å². The smallest absolute Gasteiger partial charge is 0.243 e. The van der Waals surface area contributed by atoms with Crippen LogP contribution in [-0.2, 0) is 4.79 Å². The van der Waals surface area contributed by atoms with Gasteiger partial charge in [0.1, 0.15) is 0 Å². The maximum Gasteiger partial charge on any atom is 0.243 e. The molecule has 1 amide bonds. The topological polar surface area (TPSA) is 41.5 Å². The summed E-state index contributed by atoms with van der Waals surface area (Å²) in [6.07, 6.45) is 6.70. The van der Waals surface area contributed by atoms with Crippen LogP contribution in [0, 0.1) is 17.8 Å². The van der Waals surface area contributed by atoms with Gasteiger partial charge < -0.3 is 0 Å². The summed E-state index contributed by atoms with van der Waals surface area (Å²) in [5.74, 6) is 1.60. The monoisotopic (exact) mass is 320 g/mol. The van der Waals surface area contributed by atoms with Crippen LogP contribution < -0.4 is 5.43 Å². The van der Waals surface area contributed by atoms with Crippen molar-refractivity contribution in [1.82, 2.24) is 5.43 Å². The molecular weight excluding hydrogens is 304 g/mol. The van der Waals surface area contributed by atoms with Crippen LogP contribution in [0.25, 0.3) is 0 Å². The average molecular weight is 321 g/mol. The van der Waals surface area contributed by atoms with Crippen LogP contribution in [0.5, 0.6) is 0 Å². The molecule has 100 valence electrons. The second-order valence-electron chi connectivity index (χ2n) is 5.42. The number of hydrogen-bond acceptors (Lipinski definition) is 2. The van der Waals surface area contributed by atoms with Gasteiger partial charge in [-0.05, 0) is 42.4 Å². The summed E-state index contributed by atoms with van der Waals surface area (Å²) in [7, 11) is 0. The molecule has 4 heteroatoms. The highest BCUT2D eigenvalue weighted by Gasteiger charge is 2.54. The van der Waals surface area contributed by atoms with E-state index in [4.69, 9.17) is 0 Å². The molecule has 2 aliphatic rings. The molecule has 0 saturated heterocycles. The van der Waals surface area contributed by atoms with E-state index in [1.165, 1.54) is 25.7 Å². The Morgan fingerprint density at radius 2 is 1.84 bits per heavy atom. The molecule has 0 heterocycles. The maximum atomic E-state index is 12.0. The quantitative estimate of drug-likeness (QED) is 0.673. The number of nitrogens with zero attached hydrogens (tertiary/aromatic N) is 1. The summed E-state index contributed by atoms with van der Waals surface area (Å²) >= 11 is 3.38. The van der Waals surface area contributed by atoms with Crippen molar-refractivity contribution in [3.63, 3.8) is 0 Å². The van der Waals surface area contributed by atoms with Gasteiger partial charge in [0.15, 0.2) is 0 Å². The standard InChI is InChI=1S/C15H17BrN2O/c16-11-7-5-10(6-8-11)9-17-18-15(19)14-12-3-1-2-4-13(12)14/h5-9,12-14H,1-4H2,(H,18,19)/b17-9-. The summed E-state index contributed by atoms with van der Waals surface area (Å²) in [6.45, 7) is 0. The summed E-state index contributed by atoms with van der Waals surface area (Å²) in [5, 5.41) is 4.05. The minimum atomic E-state index is 0.102. The molecular formula is C15H17BrN2O. The van der Waals surface area contributed by atoms with Gasteiger partial charge in [-0.3, -0.25) is 4.79 Å². The Balaban J connectivity index is 1.52. The Morgan fingerprint density at radius 1 is 1.21 bits per heavy atom. The zero-order valence-electron chi connectivity index (χ0n) is 10.7. The van der Waals surface area contributed by atoms with Crippen molar-refractivity contribution < 1.29 is 4.79 Å². The first-order valence-corrected chi connectivity index (χ1v) is 7.63. The Labute approximate surface area is 121 Å². The molecule has 2 aliphatic carbocycles. The van der Waals surface area contributed by atoms with Gasteiger partial charge in [-0.25, -0.2) is 5.43 Å². The summed E-state index contributed by atoms with van der Waals surface area (Å²) in [4.78, 5) is 12.0. The highest BCUT2D eigenvalue weighted by Crippen LogP contribution is 2.55. The van der Waals surface area contributed by atoms with Crippen LogP contribution in [0.4, 0.5) is 0 Å². The molecule has 0 radical (unpaired) electrons. The van der Waals surface area contributed by atoms with Gasteiger partial charge in [-0.1, -0.05) is 40.9 Å². The summed E-state index contributed by atoms with van der Waals surface area (Å²) in [6, 6.07) is 7.82. The molecule has 1 aromatic carbocycles. The zero-order chi connectivity index (χ0) is 13.2. The lowest BCUT2D eigenvalue weighted by molar-refractivity contribution is -0.122. The van der Waals surface area contributed by atoms with E-state index in [1.54, 1.807) is 6.21 Å². The van der Waals surface area contributed by atoms with E-state index in [2.05, 4.69) is 26.5 Å². The largest absolute Gasteiger partial charge is 0.273 e. The summed E-state index contributed by atoms with van der Waals surface area (Å²) < 4.78 is 1.04. The van der Waals surface area contributed by atoms with Crippen LogP contribution in [0.1, 0.15) is 31.2 Å². The predicted molar refractivity (Wildman–Crippen MR) is 78.8 cm³/mol. The molecule has 3 nitrogen and oxygen atoms in total. The van der Waals surface area contributed by atoms with Gasteiger partial charge in [0, 0.05) is 10.4 Å². The molecule has 19 heavy (non-hydrogen) atoms. The first-order chi connectivity index (χ1) is 9.25. The Bertz CT molecular complexity index is 485. The minimum Gasteiger partial charge on any atom is -0.273 e. The van der Waals surface area contributed by atoms with Crippen LogP contribution in [-0.4, -0.2) is 12.1 Å². The molecule has 1 aromatic rings. The van der Waals surface area contributed by atoms with E-state index in [0.717, 1.165) is 10.0 Å². The first kappa shape index (κ1) is 12.9. The molecule has 0 bridgehead atoms. The molecule has 0 aliphatic heterocycles. The van der Waals surface area contributed by atoms with Crippen LogP contribution in [0.2, 0.25) is 0 Å². The minimum absolute atomic E-state index is 0.102. The zero-order valence-corrected chi connectivity index (χ0v) is 12.3. The van der Waals surface area contributed by atoms with E-state index in [9.17, 15) is 4.79 Å². The Hall–Kier alpha value is -1.16. The molecule has 2 unspecified atom stereocenters. The van der Waals surface area contributed by atoms with E-state index in [-0.39, 0.29) is 11.8 Å². The van der Waals surface area contributed by atoms with Crippen LogP contribution in [0.3, 0.4) is 0 Å². The van der Waals surface area contributed by atoms with E-state index >= 15 is 0 Å². The second kappa shape index (κ2) is 5.45. The third-order valence-electron chi connectivity index (χ3n) is 4.22. The predicted octanol–water partition coefficient (Wildman–Crippen LogP) is 3.34. The number of hydrazone groups is 1. The molecule has 2 saturated carbocycles. The number of benzene rings is 1. The molecule has 0 spiro atoms. The number of nitrogens with one attached hydrogen (secondary N) is 1. The van der Waals surface area contributed by atoms with Gasteiger partial charge in [0.25, 0.3) is 0 Å². The van der Waals surface area contributed by atoms with E-state index in [0.29, 0.717) is 11.8 Å². The van der Waals surface area contributed by atoms with Crippen LogP contribution >= 0.6 is 15.9 Å². The fraction of sp³-hybridized carbons (Fsp3) is 0.467. The van der Waals surface area contributed by atoms with Gasteiger partial charge >= 0.3 is 0 Å². The van der Waals surface area contributed by atoms with Crippen molar-refractivity contribution in [3.05, 3.63) is 34.3 Å². The molecule has 2 atom stereocenters. The maximum absolute atomic E-state index is 12.0. The first-order valence-electron chi connectivity index (χ1n) is 6.84. The number of halogens is 1. The number of rotatable bonds is 3. The van der Waals surface area contributed by atoms with Crippen molar-refractivity contribution in [3.8, 4) is 0 Å². The number of amides is 1. The van der Waals surface area contributed by atoms with Crippen molar-refractivity contribution in [2.24, 2.45) is 22.9 Å². The highest BCUT2D eigenvalue weighted by molar-refractivity contribution is 9.10. The fourth-order valence-electron chi connectivity index (χ4n) is 3.18. The molecule has 2 fully saturated rings. The van der Waals surface area contributed by atoms with Crippen molar-refractivity contribution >= 4 is 28.1 Å². The number of carbonyl (C=O) groups excluding carboxylic acids is 1. The molecule has 1 N–H and O–H groups in total. The van der Waals surface area contributed by atoms with Crippen molar-refractivity contribution in [2.75, 3.05) is 0 Å². The Morgan fingerprint density at radius 3 is 2.47 bits per heavy atom. The average Bonchev–Trinajstić information content (AvgIpc) is 3.15. The lowest BCUT2D eigenvalue weighted by atomic mass is 10.0. The second-order valence-corrected chi connectivity index (χ2v) is 6.34. The van der Waals surface area contributed by atoms with E-state index in [1.807, 2.05) is 24.3 Å². The molecule has 3 rings (SSSR count). The SMILES string of the molecule is O=C(N/N=C\c1ccc(Br)cc1)C1C2CCCCC21. The van der Waals surface area contributed by atoms with E-state index < -0.39 is 0 Å². The normalized spacial score (nSPS) is 29.0. The number of fused-ring (bicyclic) bond motifs is 1.